The number of carbonyl (C=O) groups excluding carboxylic acids is 1. The Morgan fingerprint density at radius 3 is 2.92 bits per heavy atom. The molecule has 2 nitrogen and oxygen atoms in total. The molecule has 3 heteroatoms. The van der Waals surface area contributed by atoms with Crippen molar-refractivity contribution < 1.29 is 9.53 Å². The average molecular weight is 188 g/mol. The molecule has 1 saturated heterocycles. The van der Waals surface area contributed by atoms with E-state index in [-0.39, 0.29) is 5.97 Å². The third-order valence-electron chi connectivity index (χ3n) is 2.27. The van der Waals surface area contributed by atoms with Gasteiger partial charge in [0, 0.05) is 11.7 Å². The van der Waals surface area contributed by atoms with Crippen molar-refractivity contribution in [2.45, 2.75) is 31.4 Å². The van der Waals surface area contributed by atoms with Gasteiger partial charge in [0.2, 0.25) is 0 Å². The minimum absolute atomic E-state index is 0.0699. The molecule has 1 fully saturated rings. The molecule has 0 aliphatic carbocycles. The van der Waals surface area contributed by atoms with E-state index in [1.807, 2.05) is 11.8 Å². The van der Waals surface area contributed by atoms with Crippen molar-refractivity contribution in [3.63, 3.8) is 0 Å². The zero-order valence-electron chi connectivity index (χ0n) is 7.71. The van der Waals surface area contributed by atoms with Gasteiger partial charge in [-0.2, -0.15) is 11.8 Å². The van der Waals surface area contributed by atoms with Gasteiger partial charge in [-0.25, -0.2) is 0 Å². The first-order valence-electron chi connectivity index (χ1n) is 4.40. The predicted octanol–water partition coefficient (Wildman–Crippen LogP) is 2.08. The van der Waals surface area contributed by atoms with Crippen LogP contribution in [0.15, 0.2) is 0 Å². The number of ether oxygens (including phenoxy) is 1. The number of carbonyl (C=O) groups is 1. The molecule has 0 aromatic rings. The molecule has 1 rings (SSSR count). The second-order valence-corrected chi connectivity index (χ2v) is 4.83. The number of hydrogen-bond donors (Lipinski definition) is 0. The summed E-state index contributed by atoms with van der Waals surface area (Å²) in [6.45, 7) is 2.25. The van der Waals surface area contributed by atoms with Gasteiger partial charge in [-0.15, -0.1) is 0 Å². The van der Waals surface area contributed by atoms with E-state index in [4.69, 9.17) is 0 Å². The summed E-state index contributed by atoms with van der Waals surface area (Å²) in [6.07, 6.45) is 2.86. The van der Waals surface area contributed by atoms with Gasteiger partial charge in [0.25, 0.3) is 0 Å². The summed E-state index contributed by atoms with van der Waals surface area (Å²) in [5, 5.41) is 0.785. The maximum Gasteiger partial charge on any atom is 0.305 e. The molecule has 1 aliphatic rings. The minimum Gasteiger partial charge on any atom is -0.469 e. The van der Waals surface area contributed by atoms with Gasteiger partial charge in [0.1, 0.15) is 0 Å². The molecule has 0 radical (unpaired) electrons. The van der Waals surface area contributed by atoms with E-state index >= 15 is 0 Å². The van der Waals surface area contributed by atoms with Crippen molar-refractivity contribution in [2.75, 3.05) is 12.9 Å². The smallest absolute Gasteiger partial charge is 0.305 e. The topological polar surface area (TPSA) is 26.3 Å². The van der Waals surface area contributed by atoms with E-state index in [9.17, 15) is 4.79 Å². The van der Waals surface area contributed by atoms with E-state index in [0.717, 1.165) is 17.6 Å². The Labute approximate surface area is 78.1 Å². The van der Waals surface area contributed by atoms with Crippen LogP contribution in [0.1, 0.15) is 26.2 Å². The van der Waals surface area contributed by atoms with Crippen molar-refractivity contribution >= 4 is 17.7 Å². The summed E-state index contributed by atoms with van der Waals surface area (Å²) in [5.74, 6) is 1.89. The molecule has 70 valence electrons. The zero-order valence-corrected chi connectivity index (χ0v) is 8.52. The van der Waals surface area contributed by atoms with Gasteiger partial charge in [-0.05, 0) is 24.5 Å². The van der Waals surface area contributed by atoms with Crippen molar-refractivity contribution in [2.24, 2.45) is 5.92 Å². The quantitative estimate of drug-likeness (QED) is 0.634. The molecule has 0 aromatic carbocycles. The molecular weight excluding hydrogens is 172 g/mol. The summed E-state index contributed by atoms with van der Waals surface area (Å²) >= 11 is 2.01. The second-order valence-electron chi connectivity index (χ2n) is 3.36. The van der Waals surface area contributed by atoms with Gasteiger partial charge in [-0.3, -0.25) is 4.79 Å². The van der Waals surface area contributed by atoms with E-state index in [0.29, 0.717) is 6.42 Å². The number of hydrogen-bond acceptors (Lipinski definition) is 3. The molecule has 12 heavy (non-hydrogen) atoms. The fourth-order valence-corrected chi connectivity index (χ4v) is 2.84. The van der Waals surface area contributed by atoms with Crippen LogP contribution in [-0.2, 0) is 9.53 Å². The van der Waals surface area contributed by atoms with E-state index in [2.05, 4.69) is 11.7 Å². The lowest BCUT2D eigenvalue weighted by atomic mass is 10.0. The highest BCUT2D eigenvalue weighted by Gasteiger charge is 2.22. The first kappa shape index (κ1) is 9.90. The Morgan fingerprint density at radius 1 is 1.67 bits per heavy atom. The number of rotatable bonds is 3. The van der Waals surface area contributed by atoms with E-state index in [1.54, 1.807) is 0 Å². The summed E-state index contributed by atoms with van der Waals surface area (Å²) < 4.78 is 4.59. The maximum atomic E-state index is 10.8. The van der Waals surface area contributed by atoms with Crippen LogP contribution in [0.4, 0.5) is 0 Å². The monoisotopic (exact) mass is 188 g/mol. The third-order valence-corrected chi connectivity index (χ3v) is 3.69. The maximum absolute atomic E-state index is 10.8. The van der Waals surface area contributed by atoms with Crippen molar-refractivity contribution in [1.29, 1.82) is 0 Å². The second kappa shape index (κ2) is 4.75. The Morgan fingerprint density at radius 2 is 2.42 bits per heavy atom. The fraction of sp³-hybridized carbons (Fsp3) is 0.889. The predicted molar refractivity (Wildman–Crippen MR) is 51.3 cm³/mol. The highest BCUT2D eigenvalue weighted by Crippen LogP contribution is 2.33. The van der Waals surface area contributed by atoms with Crippen LogP contribution in [0.2, 0.25) is 0 Å². The largest absolute Gasteiger partial charge is 0.469 e. The molecule has 0 amide bonds. The Kier molecular flexibility index (Phi) is 3.92. The summed E-state index contributed by atoms with van der Waals surface area (Å²) in [6, 6.07) is 0. The van der Waals surface area contributed by atoms with Crippen molar-refractivity contribution in [1.82, 2.24) is 0 Å². The van der Waals surface area contributed by atoms with Crippen molar-refractivity contribution in [3.05, 3.63) is 0 Å². The lowest BCUT2D eigenvalue weighted by molar-refractivity contribution is -0.140. The Bertz CT molecular complexity index is 159. The molecule has 2 atom stereocenters. The molecular formula is C9H16O2S. The minimum atomic E-state index is -0.0699. The van der Waals surface area contributed by atoms with Crippen LogP contribution in [0.3, 0.4) is 0 Å². The average Bonchev–Trinajstić information content (AvgIpc) is 2.47. The molecule has 1 aliphatic heterocycles. The molecule has 1 heterocycles. The number of thioether (sulfide) groups is 1. The summed E-state index contributed by atoms with van der Waals surface area (Å²) in [7, 11) is 1.45. The summed E-state index contributed by atoms with van der Waals surface area (Å²) in [4.78, 5) is 10.8. The van der Waals surface area contributed by atoms with Gasteiger partial charge in [0.05, 0.1) is 7.11 Å². The van der Waals surface area contributed by atoms with Crippen LogP contribution in [-0.4, -0.2) is 24.1 Å². The molecule has 2 unspecified atom stereocenters. The van der Waals surface area contributed by atoms with Crippen LogP contribution < -0.4 is 0 Å². The highest BCUT2D eigenvalue weighted by molar-refractivity contribution is 8.00. The van der Waals surface area contributed by atoms with Crippen molar-refractivity contribution in [3.8, 4) is 0 Å². The zero-order chi connectivity index (χ0) is 8.97. The molecule has 0 N–H and O–H groups in total. The molecule has 0 saturated carbocycles. The van der Waals surface area contributed by atoms with Crippen LogP contribution in [0.25, 0.3) is 0 Å². The molecule has 0 aromatic heterocycles. The van der Waals surface area contributed by atoms with Gasteiger partial charge < -0.3 is 4.74 Å². The van der Waals surface area contributed by atoms with Gasteiger partial charge >= 0.3 is 5.97 Å². The third kappa shape index (κ3) is 3.05. The summed E-state index contributed by atoms with van der Waals surface area (Å²) in [5.41, 5.74) is 0. The first-order valence-corrected chi connectivity index (χ1v) is 5.45. The standard InChI is InChI=1S/C9H16O2S/c1-7-5-8(6-12-7)3-4-9(10)11-2/h7-8H,3-6H2,1-2H3. The van der Waals surface area contributed by atoms with E-state index in [1.165, 1.54) is 19.3 Å². The molecule has 0 bridgehead atoms. The highest BCUT2D eigenvalue weighted by atomic mass is 32.2. The Balaban J connectivity index is 2.11. The SMILES string of the molecule is COC(=O)CCC1CSC(C)C1. The fourth-order valence-electron chi connectivity index (χ4n) is 1.53. The van der Waals surface area contributed by atoms with Crippen LogP contribution in [0.5, 0.6) is 0 Å². The lowest BCUT2D eigenvalue weighted by Gasteiger charge is -2.06. The van der Waals surface area contributed by atoms with Gasteiger partial charge in [-0.1, -0.05) is 6.92 Å². The van der Waals surface area contributed by atoms with E-state index < -0.39 is 0 Å². The number of esters is 1. The van der Waals surface area contributed by atoms with Crippen LogP contribution >= 0.6 is 11.8 Å². The molecule has 0 spiro atoms. The lowest BCUT2D eigenvalue weighted by Crippen LogP contribution is -2.06. The first-order chi connectivity index (χ1) is 5.72. The van der Waals surface area contributed by atoms with Crippen LogP contribution in [0, 0.1) is 5.92 Å². The normalized spacial score (nSPS) is 28.8. The Hall–Kier alpha value is -0.180. The van der Waals surface area contributed by atoms with Gasteiger partial charge in [0.15, 0.2) is 0 Å². The number of methoxy groups -OCH3 is 1.